The number of ether oxygens (including phenoxy) is 2. The van der Waals surface area contributed by atoms with Gasteiger partial charge in [-0.25, -0.2) is 4.98 Å². The number of rotatable bonds is 5. The maximum absolute atomic E-state index is 12.1. The van der Waals surface area contributed by atoms with Gasteiger partial charge in [-0.05, 0) is 6.07 Å². The number of hydrogen-bond donors (Lipinski definition) is 1. The summed E-state index contributed by atoms with van der Waals surface area (Å²) >= 11 is 0. The number of nitrogens with one attached hydrogen (secondary N) is 1. The molecule has 0 aliphatic rings. The third-order valence-corrected chi connectivity index (χ3v) is 2.67. The summed E-state index contributed by atoms with van der Waals surface area (Å²) in [4.78, 5) is 30.1. The average molecular weight is 304 g/mol. The number of carbonyl (C=O) groups excluding carboxylic acids is 1. The van der Waals surface area contributed by atoms with Crippen LogP contribution in [0.3, 0.4) is 0 Å². The summed E-state index contributed by atoms with van der Waals surface area (Å²) in [6.07, 6.45) is 1.32. The second-order valence-corrected chi connectivity index (χ2v) is 4.04. The van der Waals surface area contributed by atoms with Gasteiger partial charge in [0, 0.05) is 17.7 Å². The Morgan fingerprint density at radius 1 is 1.32 bits per heavy atom. The molecule has 0 fully saturated rings. The molecule has 0 aliphatic carbocycles. The van der Waals surface area contributed by atoms with Gasteiger partial charge in [-0.1, -0.05) is 6.07 Å². The van der Waals surface area contributed by atoms with Crippen LogP contribution in [0.25, 0.3) is 0 Å². The predicted molar refractivity (Wildman–Crippen MR) is 76.2 cm³/mol. The van der Waals surface area contributed by atoms with Crippen LogP contribution in [0.15, 0.2) is 30.5 Å². The van der Waals surface area contributed by atoms with Crippen molar-refractivity contribution in [1.29, 1.82) is 0 Å². The highest BCUT2D eigenvalue weighted by Crippen LogP contribution is 2.23. The summed E-state index contributed by atoms with van der Waals surface area (Å²) < 4.78 is 9.89. The Labute approximate surface area is 125 Å². The van der Waals surface area contributed by atoms with Gasteiger partial charge in [0.2, 0.25) is 5.88 Å². The molecule has 0 atom stereocenters. The number of nitrogens with zero attached hydrogens (tertiary/aromatic N) is 3. The monoisotopic (exact) mass is 304 g/mol. The molecule has 0 saturated carbocycles. The number of aromatic nitrogens is 2. The van der Waals surface area contributed by atoms with E-state index in [4.69, 9.17) is 9.47 Å². The second kappa shape index (κ2) is 6.48. The van der Waals surface area contributed by atoms with Crippen LogP contribution < -0.4 is 14.8 Å². The Morgan fingerprint density at radius 2 is 2.09 bits per heavy atom. The van der Waals surface area contributed by atoms with E-state index in [1.54, 1.807) is 0 Å². The maximum Gasteiger partial charge on any atom is 0.319 e. The third kappa shape index (κ3) is 3.26. The molecule has 1 N–H and O–H groups in total. The lowest BCUT2D eigenvalue weighted by molar-refractivity contribution is -0.384. The number of amides is 1. The Morgan fingerprint density at radius 3 is 2.73 bits per heavy atom. The molecule has 1 aromatic heterocycles. The molecule has 0 aliphatic heterocycles. The zero-order valence-electron chi connectivity index (χ0n) is 11.8. The molecular weight excluding hydrogens is 292 g/mol. The van der Waals surface area contributed by atoms with Gasteiger partial charge in [0.05, 0.1) is 25.3 Å². The molecule has 0 bridgehead atoms. The van der Waals surface area contributed by atoms with E-state index in [1.807, 2.05) is 0 Å². The fraction of sp³-hybridized carbons (Fsp3) is 0.154. The molecule has 2 aromatic rings. The zero-order chi connectivity index (χ0) is 16.1. The quantitative estimate of drug-likeness (QED) is 0.659. The number of carbonyl (C=O) groups is 1. The number of nitro groups is 1. The minimum atomic E-state index is -0.576. The highest BCUT2D eigenvalue weighted by Gasteiger charge is 2.15. The molecule has 0 radical (unpaired) electrons. The van der Waals surface area contributed by atoms with E-state index in [2.05, 4.69) is 15.3 Å². The molecule has 0 unspecified atom stereocenters. The first-order valence-electron chi connectivity index (χ1n) is 6.06. The van der Waals surface area contributed by atoms with Crippen molar-refractivity contribution < 1.29 is 19.2 Å². The normalized spacial score (nSPS) is 9.91. The van der Waals surface area contributed by atoms with Crippen LogP contribution in [-0.2, 0) is 0 Å². The van der Waals surface area contributed by atoms with Crippen LogP contribution in [0.4, 0.5) is 11.4 Å². The number of nitro benzene ring substituents is 1. The summed E-state index contributed by atoms with van der Waals surface area (Å²) in [5.41, 5.74) is 0.178. The first-order valence-corrected chi connectivity index (χ1v) is 6.06. The van der Waals surface area contributed by atoms with Crippen LogP contribution >= 0.6 is 0 Å². The standard InChI is InChI=1S/C13H12N4O5/c1-21-12-10(7-14-13(16-12)22-2)15-11(18)8-4-3-5-9(6-8)17(19)20/h3-7H,1-2H3,(H,15,18). The lowest BCUT2D eigenvalue weighted by Crippen LogP contribution is -2.14. The SMILES string of the molecule is COc1ncc(NC(=O)c2cccc([N+](=O)[O-])c2)c(OC)n1. The van der Waals surface area contributed by atoms with E-state index in [0.29, 0.717) is 0 Å². The first-order chi connectivity index (χ1) is 10.5. The summed E-state index contributed by atoms with van der Waals surface area (Å²) in [6, 6.07) is 5.44. The van der Waals surface area contributed by atoms with Gasteiger partial charge in [-0.2, -0.15) is 4.98 Å². The number of non-ortho nitro benzene ring substituents is 1. The van der Waals surface area contributed by atoms with Gasteiger partial charge in [0.1, 0.15) is 5.69 Å². The van der Waals surface area contributed by atoms with E-state index in [-0.39, 0.29) is 28.8 Å². The molecule has 114 valence electrons. The third-order valence-electron chi connectivity index (χ3n) is 2.67. The van der Waals surface area contributed by atoms with Crippen molar-refractivity contribution in [3.05, 3.63) is 46.1 Å². The summed E-state index contributed by atoms with van der Waals surface area (Å²) in [7, 11) is 2.78. The van der Waals surface area contributed by atoms with Crippen LogP contribution in [0.1, 0.15) is 10.4 Å². The summed E-state index contributed by atoms with van der Waals surface area (Å²) in [6.45, 7) is 0. The van der Waals surface area contributed by atoms with Gasteiger partial charge in [0.25, 0.3) is 11.6 Å². The number of hydrogen-bond acceptors (Lipinski definition) is 7. The van der Waals surface area contributed by atoms with Crippen LogP contribution in [0, 0.1) is 10.1 Å². The lowest BCUT2D eigenvalue weighted by atomic mass is 10.2. The van der Waals surface area contributed by atoms with Gasteiger partial charge in [-0.3, -0.25) is 14.9 Å². The lowest BCUT2D eigenvalue weighted by Gasteiger charge is -2.09. The van der Waals surface area contributed by atoms with Gasteiger partial charge in [0.15, 0.2) is 0 Å². The Bertz CT molecular complexity index is 719. The van der Waals surface area contributed by atoms with Crippen molar-refractivity contribution in [2.45, 2.75) is 0 Å². The fourth-order valence-electron chi connectivity index (χ4n) is 1.65. The van der Waals surface area contributed by atoms with Crippen molar-refractivity contribution in [3.63, 3.8) is 0 Å². The Balaban J connectivity index is 2.25. The smallest absolute Gasteiger partial charge is 0.319 e. The molecule has 22 heavy (non-hydrogen) atoms. The summed E-state index contributed by atoms with van der Waals surface area (Å²) in [5.74, 6) is -0.429. The minimum absolute atomic E-state index is 0.0881. The molecule has 1 amide bonds. The molecule has 1 heterocycles. The van der Waals surface area contributed by atoms with Gasteiger partial charge >= 0.3 is 6.01 Å². The molecule has 0 spiro atoms. The molecule has 9 heteroatoms. The van der Waals surface area contributed by atoms with Crippen LogP contribution in [-0.4, -0.2) is 35.0 Å². The van der Waals surface area contributed by atoms with Crippen molar-refractivity contribution in [2.75, 3.05) is 19.5 Å². The van der Waals surface area contributed by atoms with E-state index in [1.165, 1.54) is 44.7 Å². The molecule has 9 nitrogen and oxygen atoms in total. The van der Waals surface area contributed by atoms with Gasteiger partial charge in [-0.15, -0.1) is 0 Å². The van der Waals surface area contributed by atoms with E-state index >= 15 is 0 Å². The fourth-order valence-corrected chi connectivity index (χ4v) is 1.65. The second-order valence-electron chi connectivity index (χ2n) is 4.04. The molecule has 2 rings (SSSR count). The Kier molecular flexibility index (Phi) is 4.47. The average Bonchev–Trinajstić information content (AvgIpc) is 2.55. The highest BCUT2D eigenvalue weighted by molar-refractivity contribution is 6.05. The van der Waals surface area contributed by atoms with Crippen molar-refractivity contribution in [1.82, 2.24) is 9.97 Å². The topological polar surface area (TPSA) is 116 Å². The molecular formula is C13H12N4O5. The van der Waals surface area contributed by atoms with E-state index in [9.17, 15) is 14.9 Å². The van der Waals surface area contributed by atoms with Crippen LogP contribution in [0.5, 0.6) is 11.9 Å². The Hall–Kier alpha value is -3.23. The minimum Gasteiger partial charge on any atom is -0.479 e. The van der Waals surface area contributed by atoms with Crippen LogP contribution in [0.2, 0.25) is 0 Å². The van der Waals surface area contributed by atoms with Crippen molar-refractivity contribution in [2.24, 2.45) is 0 Å². The number of anilines is 1. The first kappa shape index (κ1) is 15.2. The number of benzene rings is 1. The van der Waals surface area contributed by atoms with Crippen molar-refractivity contribution >= 4 is 17.3 Å². The molecule has 0 saturated heterocycles. The maximum atomic E-state index is 12.1. The van der Waals surface area contributed by atoms with E-state index < -0.39 is 10.8 Å². The predicted octanol–water partition coefficient (Wildman–Crippen LogP) is 1.65. The molecule has 1 aromatic carbocycles. The van der Waals surface area contributed by atoms with Crippen molar-refractivity contribution in [3.8, 4) is 11.9 Å². The zero-order valence-corrected chi connectivity index (χ0v) is 11.8. The summed E-state index contributed by atoms with van der Waals surface area (Å²) in [5, 5.41) is 13.3. The largest absolute Gasteiger partial charge is 0.479 e. The number of methoxy groups -OCH3 is 2. The highest BCUT2D eigenvalue weighted by atomic mass is 16.6. The van der Waals surface area contributed by atoms with Gasteiger partial charge < -0.3 is 14.8 Å². The van der Waals surface area contributed by atoms with E-state index in [0.717, 1.165) is 0 Å².